The summed E-state index contributed by atoms with van der Waals surface area (Å²) in [7, 11) is 0. The summed E-state index contributed by atoms with van der Waals surface area (Å²) in [6.45, 7) is 1.37. The zero-order valence-electron chi connectivity index (χ0n) is 15.0. The number of nitrogens with zero attached hydrogens (tertiary/aromatic N) is 3. The highest BCUT2D eigenvalue weighted by molar-refractivity contribution is 6.10. The summed E-state index contributed by atoms with van der Waals surface area (Å²) in [6, 6.07) is 8.39. The molecule has 0 aliphatic carbocycles. The third-order valence-electron chi connectivity index (χ3n) is 3.81. The van der Waals surface area contributed by atoms with Gasteiger partial charge in [-0.1, -0.05) is 12.1 Å². The van der Waals surface area contributed by atoms with Gasteiger partial charge in [-0.2, -0.15) is 13.2 Å². The Balaban J connectivity index is 1.95. The molecule has 0 spiro atoms. The van der Waals surface area contributed by atoms with E-state index in [9.17, 15) is 22.8 Å². The van der Waals surface area contributed by atoms with Crippen molar-refractivity contribution in [1.82, 2.24) is 15.0 Å². The van der Waals surface area contributed by atoms with Gasteiger partial charge in [0.15, 0.2) is 11.5 Å². The number of nitrogens with one attached hydrogen (secondary N) is 1. The smallest absolute Gasteiger partial charge is 0.382 e. The highest BCUT2D eigenvalue weighted by Gasteiger charge is 2.32. The van der Waals surface area contributed by atoms with Crippen molar-refractivity contribution in [3.63, 3.8) is 0 Å². The number of hydrogen-bond acceptors (Lipinski definition) is 6. The molecule has 2 heterocycles. The molecule has 0 fully saturated rings. The molecule has 29 heavy (non-hydrogen) atoms. The fourth-order valence-electron chi connectivity index (χ4n) is 2.50. The third-order valence-corrected chi connectivity index (χ3v) is 3.81. The number of ketones is 1. The van der Waals surface area contributed by atoms with Gasteiger partial charge >= 0.3 is 6.18 Å². The van der Waals surface area contributed by atoms with Crippen LogP contribution in [0, 0.1) is 0 Å². The molecule has 0 saturated carbocycles. The van der Waals surface area contributed by atoms with Crippen molar-refractivity contribution in [3.05, 3.63) is 65.7 Å². The van der Waals surface area contributed by atoms with E-state index < -0.39 is 17.7 Å². The van der Waals surface area contributed by atoms with Crippen LogP contribution < -0.4 is 11.1 Å². The van der Waals surface area contributed by atoms with Crippen molar-refractivity contribution in [3.8, 4) is 11.3 Å². The molecule has 1 amide bonds. The molecule has 0 atom stereocenters. The number of rotatable bonds is 4. The van der Waals surface area contributed by atoms with Crippen molar-refractivity contribution < 1.29 is 22.8 Å². The van der Waals surface area contributed by atoms with Gasteiger partial charge in [0.1, 0.15) is 5.69 Å². The number of nitrogens with two attached hydrogens (primary N) is 1. The lowest BCUT2D eigenvalue weighted by atomic mass is 10.1. The van der Waals surface area contributed by atoms with E-state index in [1.54, 1.807) is 24.3 Å². The summed E-state index contributed by atoms with van der Waals surface area (Å²) in [4.78, 5) is 35.3. The predicted molar refractivity (Wildman–Crippen MR) is 98.9 cm³/mol. The highest BCUT2D eigenvalue weighted by atomic mass is 19.4. The Bertz CT molecular complexity index is 1080. The molecule has 148 valence electrons. The normalized spacial score (nSPS) is 11.2. The van der Waals surface area contributed by atoms with E-state index in [1.807, 2.05) is 0 Å². The Kier molecular flexibility index (Phi) is 5.26. The van der Waals surface area contributed by atoms with Crippen LogP contribution in [0.25, 0.3) is 11.3 Å². The van der Waals surface area contributed by atoms with Gasteiger partial charge < -0.3 is 11.1 Å². The van der Waals surface area contributed by atoms with Crippen LogP contribution in [0.1, 0.15) is 28.7 Å². The first-order valence-corrected chi connectivity index (χ1v) is 8.23. The number of carbonyl (C=O) groups excluding carboxylic acids is 2. The van der Waals surface area contributed by atoms with Gasteiger partial charge in [-0.3, -0.25) is 14.6 Å². The molecule has 2 aromatic heterocycles. The lowest BCUT2D eigenvalue weighted by molar-refractivity contribution is -0.141. The first-order valence-electron chi connectivity index (χ1n) is 8.23. The molecule has 3 aromatic rings. The van der Waals surface area contributed by atoms with E-state index in [0.717, 1.165) is 12.3 Å². The number of benzene rings is 1. The van der Waals surface area contributed by atoms with Crippen molar-refractivity contribution in [2.45, 2.75) is 13.1 Å². The summed E-state index contributed by atoms with van der Waals surface area (Å²) >= 11 is 0. The maximum absolute atomic E-state index is 12.7. The molecule has 10 heteroatoms. The largest absolute Gasteiger partial charge is 0.433 e. The van der Waals surface area contributed by atoms with Crippen LogP contribution in [-0.4, -0.2) is 26.6 Å². The summed E-state index contributed by atoms with van der Waals surface area (Å²) in [5, 5.41) is 2.63. The van der Waals surface area contributed by atoms with Crippen LogP contribution in [0.2, 0.25) is 0 Å². The number of aromatic nitrogens is 3. The second kappa shape index (κ2) is 7.66. The number of carbonyl (C=O) groups is 2. The van der Waals surface area contributed by atoms with Gasteiger partial charge in [-0.05, 0) is 24.3 Å². The van der Waals surface area contributed by atoms with Crippen molar-refractivity contribution in [2.24, 2.45) is 0 Å². The van der Waals surface area contributed by atoms with Crippen molar-refractivity contribution >= 4 is 23.2 Å². The third kappa shape index (κ3) is 4.54. The van der Waals surface area contributed by atoms with Gasteiger partial charge in [0.2, 0.25) is 11.7 Å². The van der Waals surface area contributed by atoms with Crippen LogP contribution >= 0.6 is 0 Å². The number of alkyl halides is 3. The second-order valence-electron chi connectivity index (χ2n) is 6.01. The molecule has 7 nitrogen and oxygen atoms in total. The first kappa shape index (κ1) is 19.9. The van der Waals surface area contributed by atoms with E-state index in [2.05, 4.69) is 20.3 Å². The monoisotopic (exact) mass is 401 g/mol. The molecule has 0 bridgehead atoms. The first-order chi connectivity index (χ1) is 13.6. The summed E-state index contributed by atoms with van der Waals surface area (Å²) < 4.78 is 37.9. The Hall–Kier alpha value is -3.82. The standard InChI is InChI=1S/C19H14F3N5O2/c1-10(28)26-13-4-2-3-11(7-13)14-9-25-18(23)16(27-14)17(29)12-5-6-15(24-8-12)19(20,21)22/h2-9H,1H3,(H2,23,25)(H,26,28). The fraction of sp³-hybridized carbons (Fsp3) is 0.105. The average Bonchev–Trinajstić information content (AvgIpc) is 2.67. The van der Waals surface area contributed by atoms with Gasteiger partial charge in [0, 0.05) is 29.9 Å². The number of hydrogen-bond donors (Lipinski definition) is 2. The Labute approximate surface area is 162 Å². The van der Waals surface area contributed by atoms with Crippen LogP contribution in [0.5, 0.6) is 0 Å². The van der Waals surface area contributed by atoms with Gasteiger partial charge in [-0.15, -0.1) is 0 Å². The maximum atomic E-state index is 12.7. The van der Waals surface area contributed by atoms with Crippen molar-refractivity contribution in [2.75, 3.05) is 11.1 Å². The molecule has 3 rings (SSSR count). The van der Waals surface area contributed by atoms with E-state index in [0.29, 0.717) is 23.0 Å². The number of anilines is 2. The van der Waals surface area contributed by atoms with Gasteiger partial charge in [-0.25, -0.2) is 9.97 Å². The molecular formula is C19H14F3N5O2. The Morgan fingerprint density at radius 1 is 1.07 bits per heavy atom. The minimum absolute atomic E-state index is 0.108. The number of amides is 1. The lowest BCUT2D eigenvalue weighted by Crippen LogP contribution is -2.13. The predicted octanol–water partition coefficient (Wildman–Crippen LogP) is 3.33. The molecule has 0 unspecified atom stereocenters. The van der Waals surface area contributed by atoms with Gasteiger partial charge in [0.05, 0.1) is 11.9 Å². The van der Waals surface area contributed by atoms with E-state index in [4.69, 9.17) is 5.73 Å². The molecule has 0 aliphatic rings. The molecule has 0 saturated heterocycles. The summed E-state index contributed by atoms with van der Waals surface area (Å²) in [5.74, 6) is -1.14. The van der Waals surface area contributed by atoms with Gasteiger partial charge in [0.25, 0.3) is 0 Å². The Morgan fingerprint density at radius 3 is 2.45 bits per heavy atom. The van der Waals surface area contributed by atoms with Crippen LogP contribution in [0.3, 0.4) is 0 Å². The van der Waals surface area contributed by atoms with Crippen LogP contribution in [0.15, 0.2) is 48.8 Å². The SMILES string of the molecule is CC(=O)Nc1cccc(-c2cnc(N)c(C(=O)c3ccc(C(F)(F)F)nc3)n2)c1. The molecule has 0 aliphatic heterocycles. The van der Waals surface area contributed by atoms with E-state index in [1.165, 1.54) is 13.1 Å². The number of nitrogen functional groups attached to an aromatic ring is 1. The van der Waals surface area contributed by atoms with Crippen LogP contribution in [-0.2, 0) is 11.0 Å². The molecule has 1 aromatic carbocycles. The minimum Gasteiger partial charge on any atom is -0.382 e. The number of pyridine rings is 1. The van der Waals surface area contributed by atoms with Crippen LogP contribution in [0.4, 0.5) is 24.7 Å². The minimum atomic E-state index is -4.61. The van der Waals surface area contributed by atoms with E-state index in [-0.39, 0.29) is 23.0 Å². The second-order valence-corrected chi connectivity index (χ2v) is 6.01. The number of halogens is 3. The van der Waals surface area contributed by atoms with E-state index >= 15 is 0 Å². The highest BCUT2D eigenvalue weighted by Crippen LogP contribution is 2.28. The maximum Gasteiger partial charge on any atom is 0.433 e. The zero-order valence-corrected chi connectivity index (χ0v) is 15.0. The zero-order chi connectivity index (χ0) is 21.2. The molecular weight excluding hydrogens is 387 g/mol. The molecule has 3 N–H and O–H groups in total. The topological polar surface area (TPSA) is 111 Å². The summed E-state index contributed by atoms with van der Waals surface area (Å²) in [6.07, 6.45) is -2.44. The fourth-order valence-corrected chi connectivity index (χ4v) is 2.50. The average molecular weight is 401 g/mol. The summed E-state index contributed by atoms with van der Waals surface area (Å²) in [5.41, 5.74) is 5.69. The van der Waals surface area contributed by atoms with Crippen molar-refractivity contribution in [1.29, 1.82) is 0 Å². The quantitative estimate of drug-likeness (QED) is 0.649. The molecule has 0 radical (unpaired) electrons. The lowest BCUT2D eigenvalue weighted by Gasteiger charge is -2.09. The Morgan fingerprint density at radius 2 is 1.83 bits per heavy atom.